The van der Waals surface area contributed by atoms with E-state index in [9.17, 15) is 9.90 Å². The topological polar surface area (TPSA) is 75.3 Å². The molecule has 0 bridgehead atoms. The van der Waals surface area contributed by atoms with Crippen molar-refractivity contribution in [3.05, 3.63) is 54.1 Å². The Hall–Kier alpha value is -2.59. The zero-order chi connectivity index (χ0) is 13.4. The standard InChI is InChI=1S/C15H12N2O2/c16-17-15(19)12-6-5-11-7-9-3-1-2-4-10(9)8-13(11)14(12)18/h1-8,18H,16H2,(H,17,19). The SMILES string of the molecule is NNC(=O)c1ccc2cc3ccccc3cc2c1O. The van der Waals surface area contributed by atoms with Gasteiger partial charge in [0.2, 0.25) is 0 Å². The van der Waals surface area contributed by atoms with Crippen LogP contribution < -0.4 is 11.3 Å². The molecule has 1 amide bonds. The normalized spacial score (nSPS) is 10.8. The van der Waals surface area contributed by atoms with E-state index in [-0.39, 0.29) is 11.3 Å². The summed E-state index contributed by atoms with van der Waals surface area (Å²) >= 11 is 0. The molecule has 3 aromatic carbocycles. The van der Waals surface area contributed by atoms with Crippen LogP contribution in [0.25, 0.3) is 21.5 Å². The molecular formula is C15H12N2O2. The van der Waals surface area contributed by atoms with Gasteiger partial charge in [-0.2, -0.15) is 0 Å². The molecule has 19 heavy (non-hydrogen) atoms. The number of phenols is 1. The van der Waals surface area contributed by atoms with Crippen LogP contribution in [0, 0.1) is 0 Å². The predicted molar refractivity (Wildman–Crippen MR) is 74.8 cm³/mol. The summed E-state index contributed by atoms with van der Waals surface area (Å²) in [5.41, 5.74) is 2.20. The Labute approximate surface area is 109 Å². The molecule has 0 radical (unpaired) electrons. The van der Waals surface area contributed by atoms with Crippen molar-refractivity contribution in [3.63, 3.8) is 0 Å². The Morgan fingerprint density at radius 1 is 1.00 bits per heavy atom. The van der Waals surface area contributed by atoms with E-state index in [2.05, 4.69) is 0 Å². The first kappa shape index (κ1) is 11.5. The minimum Gasteiger partial charge on any atom is -0.506 e. The van der Waals surface area contributed by atoms with E-state index in [4.69, 9.17) is 5.84 Å². The number of hydrogen-bond donors (Lipinski definition) is 3. The van der Waals surface area contributed by atoms with Gasteiger partial charge in [-0.05, 0) is 34.4 Å². The Morgan fingerprint density at radius 2 is 1.68 bits per heavy atom. The average Bonchev–Trinajstić information content (AvgIpc) is 2.45. The first-order chi connectivity index (χ1) is 9.20. The van der Waals surface area contributed by atoms with Gasteiger partial charge in [0.1, 0.15) is 5.75 Å². The highest BCUT2D eigenvalue weighted by Crippen LogP contribution is 2.32. The second kappa shape index (κ2) is 4.26. The molecule has 0 saturated heterocycles. The van der Waals surface area contributed by atoms with Gasteiger partial charge in [-0.3, -0.25) is 10.2 Å². The Morgan fingerprint density at radius 3 is 2.37 bits per heavy atom. The maximum atomic E-state index is 11.5. The average molecular weight is 252 g/mol. The molecule has 0 atom stereocenters. The lowest BCUT2D eigenvalue weighted by atomic mass is 10.0. The molecule has 0 heterocycles. The molecule has 0 spiro atoms. The highest BCUT2D eigenvalue weighted by atomic mass is 16.3. The van der Waals surface area contributed by atoms with Crippen LogP contribution in [0.5, 0.6) is 5.75 Å². The van der Waals surface area contributed by atoms with E-state index < -0.39 is 5.91 Å². The summed E-state index contributed by atoms with van der Waals surface area (Å²) in [6, 6.07) is 15.1. The van der Waals surface area contributed by atoms with Crippen LogP contribution in [0.15, 0.2) is 48.5 Å². The van der Waals surface area contributed by atoms with Crippen molar-refractivity contribution in [2.75, 3.05) is 0 Å². The fourth-order valence-corrected chi connectivity index (χ4v) is 2.26. The van der Waals surface area contributed by atoms with Crippen molar-refractivity contribution in [2.45, 2.75) is 0 Å². The summed E-state index contributed by atoms with van der Waals surface area (Å²) in [4.78, 5) is 11.5. The summed E-state index contributed by atoms with van der Waals surface area (Å²) in [5, 5.41) is 13.8. The molecule has 4 nitrogen and oxygen atoms in total. The van der Waals surface area contributed by atoms with Gasteiger partial charge in [-0.25, -0.2) is 5.84 Å². The first-order valence-electron chi connectivity index (χ1n) is 5.86. The molecule has 0 aliphatic carbocycles. The van der Waals surface area contributed by atoms with E-state index in [1.54, 1.807) is 12.1 Å². The van der Waals surface area contributed by atoms with Crippen LogP contribution in [-0.4, -0.2) is 11.0 Å². The number of hydrogen-bond acceptors (Lipinski definition) is 3. The number of phenolic OH excluding ortho intramolecular Hbond substituents is 1. The lowest BCUT2D eigenvalue weighted by Crippen LogP contribution is -2.30. The van der Waals surface area contributed by atoms with E-state index in [1.165, 1.54) is 0 Å². The Balaban J connectivity index is 2.36. The third-order valence-electron chi connectivity index (χ3n) is 3.23. The molecule has 4 N–H and O–H groups in total. The monoisotopic (exact) mass is 252 g/mol. The summed E-state index contributed by atoms with van der Waals surface area (Å²) in [7, 11) is 0. The number of aromatic hydroxyl groups is 1. The van der Waals surface area contributed by atoms with Crippen LogP contribution >= 0.6 is 0 Å². The molecule has 0 aliphatic heterocycles. The van der Waals surface area contributed by atoms with Gasteiger partial charge >= 0.3 is 0 Å². The van der Waals surface area contributed by atoms with Gasteiger partial charge in [0.15, 0.2) is 0 Å². The van der Waals surface area contributed by atoms with Crippen molar-refractivity contribution in [1.82, 2.24) is 5.43 Å². The zero-order valence-electron chi connectivity index (χ0n) is 10.1. The largest absolute Gasteiger partial charge is 0.506 e. The maximum Gasteiger partial charge on any atom is 0.268 e. The maximum absolute atomic E-state index is 11.5. The number of carbonyl (C=O) groups excluding carboxylic acids is 1. The van der Waals surface area contributed by atoms with Crippen LogP contribution in [0.1, 0.15) is 10.4 Å². The van der Waals surface area contributed by atoms with Crippen molar-refractivity contribution < 1.29 is 9.90 Å². The number of amides is 1. The molecule has 0 unspecified atom stereocenters. The Kier molecular flexibility index (Phi) is 2.58. The third kappa shape index (κ3) is 1.78. The number of hydrazine groups is 1. The summed E-state index contributed by atoms with van der Waals surface area (Å²) in [6.45, 7) is 0. The van der Waals surface area contributed by atoms with E-state index in [0.29, 0.717) is 5.39 Å². The highest BCUT2D eigenvalue weighted by molar-refractivity contribution is 6.07. The molecule has 0 aromatic heterocycles. The summed E-state index contributed by atoms with van der Waals surface area (Å²) in [5.74, 6) is 4.54. The highest BCUT2D eigenvalue weighted by Gasteiger charge is 2.13. The van der Waals surface area contributed by atoms with E-state index in [0.717, 1.165) is 16.2 Å². The van der Waals surface area contributed by atoms with Crippen LogP contribution in [0.3, 0.4) is 0 Å². The summed E-state index contributed by atoms with van der Waals surface area (Å²) < 4.78 is 0. The van der Waals surface area contributed by atoms with E-state index in [1.807, 2.05) is 41.8 Å². The lowest BCUT2D eigenvalue weighted by Gasteiger charge is -2.08. The molecular weight excluding hydrogens is 240 g/mol. The number of nitrogens with one attached hydrogen (secondary N) is 1. The quantitative estimate of drug-likeness (QED) is 0.269. The van der Waals surface area contributed by atoms with Gasteiger partial charge < -0.3 is 5.11 Å². The molecule has 0 fully saturated rings. The van der Waals surface area contributed by atoms with Crippen molar-refractivity contribution >= 4 is 27.5 Å². The zero-order valence-corrected chi connectivity index (χ0v) is 10.1. The number of nitrogen functional groups attached to an aromatic ring is 1. The molecule has 3 aromatic rings. The second-order valence-electron chi connectivity index (χ2n) is 4.36. The van der Waals surface area contributed by atoms with Crippen molar-refractivity contribution in [1.29, 1.82) is 0 Å². The number of nitrogens with two attached hydrogens (primary N) is 1. The number of benzene rings is 3. The van der Waals surface area contributed by atoms with Gasteiger partial charge in [0.05, 0.1) is 5.56 Å². The van der Waals surface area contributed by atoms with Crippen LogP contribution in [-0.2, 0) is 0 Å². The summed E-state index contributed by atoms with van der Waals surface area (Å²) in [6.07, 6.45) is 0. The van der Waals surface area contributed by atoms with Gasteiger partial charge in [-0.15, -0.1) is 0 Å². The first-order valence-corrected chi connectivity index (χ1v) is 5.86. The van der Waals surface area contributed by atoms with Crippen molar-refractivity contribution in [2.24, 2.45) is 5.84 Å². The van der Waals surface area contributed by atoms with Gasteiger partial charge in [-0.1, -0.05) is 30.3 Å². The molecule has 94 valence electrons. The molecule has 3 rings (SSSR count). The number of carbonyl (C=O) groups is 1. The fourth-order valence-electron chi connectivity index (χ4n) is 2.26. The second-order valence-corrected chi connectivity index (χ2v) is 4.36. The number of fused-ring (bicyclic) bond motifs is 2. The van der Waals surface area contributed by atoms with Crippen LogP contribution in [0.2, 0.25) is 0 Å². The van der Waals surface area contributed by atoms with Crippen LogP contribution in [0.4, 0.5) is 0 Å². The molecule has 4 heteroatoms. The van der Waals surface area contributed by atoms with E-state index >= 15 is 0 Å². The van der Waals surface area contributed by atoms with Gasteiger partial charge in [0.25, 0.3) is 5.91 Å². The number of rotatable bonds is 1. The lowest BCUT2D eigenvalue weighted by molar-refractivity contribution is 0.0951. The Bertz CT molecular complexity index is 797. The fraction of sp³-hybridized carbons (Fsp3) is 0. The minimum absolute atomic E-state index is 0.0498. The molecule has 0 saturated carbocycles. The van der Waals surface area contributed by atoms with Gasteiger partial charge in [0, 0.05) is 5.39 Å². The third-order valence-corrected chi connectivity index (χ3v) is 3.23. The molecule has 0 aliphatic rings. The predicted octanol–water partition coefficient (Wildman–Crippen LogP) is 2.30. The smallest absolute Gasteiger partial charge is 0.268 e. The minimum atomic E-state index is -0.507. The van der Waals surface area contributed by atoms with Crippen molar-refractivity contribution in [3.8, 4) is 5.75 Å².